The Hall–Kier alpha value is -2.61. The molecule has 0 amide bonds. The van der Waals surface area contributed by atoms with E-state index in [2.05, 4.69) is 18.2 Å². The predicted molar refractivity (Wildman–Crippen MR) is 99.0 cm³/mol. The van der Waals surface area contributed by atoms with Crippen molar-refractivity contribution in [2.45, 2.75) is 19.8 Å². The van der Waals surface area contributed by atoms with E-state index in [0.717, 1.165) is 29.5 Å². The van der Waals surface area contributed by atoms with Gasteiger partial charge in [0.05, 0.1) is 7.11 Å². The molecular weight excluding hydrogens is 299 g/mol. The normalized spacial score (nSPS) is 11.3. The molecule has 122 valence electrons. The molecule has 0 saturated heterocycles. The molecule has 0 aromatic heterocycles. The Bertz CT molecular complexity index is 863. The third kappa shape index (κ3) is 3.33. The van der Waals surface area contributed by atoms with E-state index < -0.39 is 0 Å². The van der Waals surface area contributed by atoms with Crippen molar-refractivity contribution in [3.8, 4) is 16.9 Å². The molecule has 0 saturated carbocycles. The van der Waals surface area contributed by atoms with E-state index in [1.165, 1.54) is 5.56 Å². The Kier molecular flexibility index (Phi) is 4.95. The summed E-state index contributed by atoms with van der Waals surface area (Å²) in [5.41, 5.74) is 2.70. The van der Waals surface area contributed by atoms with Crippen LogP contribution in [0.2, 0.25) is 0 Å². The first kappa shape index (κ1) is 16.3. The molecule has 0 aliphatic carbocycles. The van der Waals surface area contributed by atoms with Crippen LogP contribution in [0.4, 0.5) is 4.39 Å². The van der Waals surface area contributed by atoms with E-state index in [9.17, 15) is 4.39 Å². The third-order valence-electron chi connectivity index (χ3n) is 4.25. The molecule has 0 spiro atoms. The second-order valence-corrected chi connectivity index (χ2v) is 5.82. The summed E-state index contributed by atoms with van der Waals surface area (Å²) in [6.45, 7) is 2.02. The van der Waals surface area contributed by atoms with E-state index >= 15 is 0 Å². The van der Waals surface area contributed by atoms with Gasteiger partial charge in [0.2, 0.25) is 0 Å². The van der Waals surface area contributed by atoms with Gasteiger partial charge in [0.15, 0.2) is 0 Å². The first-order valence-corrected chi connectivity index (χ1v) is 8.19. The lowest BCUT2D eigenvalue weighted by Crippen LogP contribution is -1.90. The molecule has 0 radical (unpaired) electrons. The van der Waals surface area contributed by atoms with Crippen molar-refractivity contribution in [3.63, 3.8) is 0 Å². The third-order valence-corrected chi connectivity index (χ3v) is 4.25. The monoisotopic (exact) mass is 320 g/mol. The average Bonchev–Trinajstić information content (AvgIpc) is 2.62. The van der Waals surface area contributed by atoms with Crippen molar-refractivity contribution in [1.82, 2.24) is 0 Å². The highest BCUT2D eigenvalue weighted by Gasteiger charge is 2.10. The van der Waals surface area contributed by atoms with Crippen LogP contribution in [0.15, 0.2) is 66.7 Å². The van der Waals surface area contributed by atoms with Crippen LogP contribution in [0.25, 0.3) is 21.9 Å². The van der Waals surface area contributed by atoms with Crippen LogP contribution >= 0.6 is 0 Å². The number of hydrogen-bond acceptors (Lipinski definition) is 1. The molecule has 3 aromatic rings. The van der Waals surface area contributed by atoms with Crippen molar-refractivity contribution < 1.29 is 9.13 Å². The zero-order valence-electron chi connectivity index (χ0n) is 14.1. The lowest BCUT2D eigenvalue weighted by molar-refractivity contribution is 0.415. The Morgan fingerprint density at radius 1 is 1.00 bits per heavy atom. The van der Waals surface area contributed by atoms with Gasteiger partial charge in [-0.15, -0.1) is 0 Å². The number of rotatable bonds is 5. The largest absolute Gasteiger partial charge is 0.497 e. The zero-order valence-corrected chi connectivity index (χ0v) is 14.1. The zero-order chi connectivity index (χ0) is 16.9. The van der Waals surface area contributed by atoms with E-state index in [4.69, 9.17) is 4.74 Å². The van der Waals surface area contributed by atoms with E-state index in [-0.39, 0.29) is 5.82 Å². The summed E-state index contributed by atoms with van der Waals surface area (Å²) in [7, 11) is 1.62. The minimum Gasteiger partial charge on any atom is -0.497 e. The molecule has 0 fully saturated rings. The van der Waals surface area contributed by atoms with E-state index in [1.54, 1.807) is 7.11 Å². The Morgan fingerprint density at radius 2 is 1.79 bits per heavy atom. The molecule has 0 bridgehead atoms. The number of hydrogen-bond donors (Lipinski definition) is 0. The molecule has 0 atom stereocenters. The summed E-state index contributed by atoms with van der Waals surface area (Å²) in [5.74, 6) is 0.600. The SMILES string of the molecule is C/C=C/CCc1ccc2c(F)c(-c3ccc(OC)cc3)ccc2c1. The highest BCUT2D eigenvalue weighted by Crippen LogP contribution is 2.30. The molecule has 0 aliphatic heterocycles. The molecular formula is C22H21FO. The first-order valence-electron chi connectivity index (χ1n) is 8.19. The van der Waals surface area contributed by atoms with Gasteiger partial charge in [0, 0.05) is 10.9 Å². The van der Waals surface area contributed by atoms with Crippen LogP contribution in [-0.4, -0.2) is 7.11 Å². The number of allylic oxidation sites excluding steroid dienone is 2. The number of methoxy groups -OCH3 is 1. The Morgan fingerprint density at radius 3 is 2.50 bits per heavy atom. The van der Waals surface area contributed by atoms with Gasteiger partial charge in [-0.2, -0.15) is 0 Å². The number of benzene rings is 3. The fraction of sp³-hybridized carbons (Fsp3) is 0.182. The summed E-state index contributed by atoms with van der Waals surface area (Å²) in [6.07, 6.45) is 6.19. The van der Waals surface area contributed by atoms with Crippen LogP contribution < -0.4 is 4.74 Å². The fourth-order valence-corrected chi connectivity index (χ4v) is 2.91. The van der Waals surface area contributed by atoms with Gasteiger partial charge in [0.25, 0.3) is 0 Å². The van der Waals surface area contributed by atoms with Crippen LogP contribution in [0.5, 0.6) is 5.75 Å². The summed E-state index contributed by atoms with van der Waals surface area (Å²) in [4.78, 5) is 0. The second-order valence-electron chi connectivity index (χ2n) is 5.82. The lowest BCUT2D eigenvalue weighted by atomic mass is 9.98. The minimum absolute atomic E-state index is 0.169. The maximum Gasteiger partial charge on any atom is 0.138 e. The van der Waals surface area contributed by atoms with Gasteiger partial charge in [-0.25, -0.2) is 4.39 Å². The molecule has 3 rings (SSSR count). The van der Waals surface area contributed by atoms with Crippen molar-refractivity contribution in [2.24, 2.45) is 0 Å². The smallest absolute Gasteiger partial charge is 0.138 e. The Balaban J connectivity index is 1.96. The van der Waals surface area contributed by atoms with Crippen LogP contribution in [0.1, 0.15) is 18.9 Å². The van der Waals surface area contributed by atoms with Crippen molar-refractivity contribution >= 4 is 10.8 Å². The quantitative estimate of drug-likeness (QED) is 0.511. The number of aryl methyl sites for hydroxylation is 1. The summed E-state index contributed by atoms with van der Waals surface area (Å²) < 4.78 is 20.1. The topological polar surface area (TPSA) is 9.23 Å². The fourth-order valence-electron chi connectivity index (χ4n) is 2.91. The standard InChI is InChI=1S/C22H21FO/c1-3-4-5-6-16-7-13-21-18(15-16)10-14-20(22(21)23)17-8-11-19(24-2)12-9-17/h3-4,7-15H,5-6H2,1-2H3/b4-3+. The lowest BCUT2D eigenvalue weighted by Gasteiger charge is -2.09. The van der Waals surface area contributed by atoms with Crippen molar-refractivity contribution in [2.75, 3.05) is 7.11 Å². The Labute approximate surface area is 142 Å². The molecule has 3 aromatic carbocycles. The molecule has 0 N–H and O–H groups in total. The van der Waals surface area contributed by atoms with Gasteiger partial charge in [0.1, 0.15) is 11.6 Å². The van der Waals surface area contributed by atoms with E-state index in [0.29, 0.717) is 10.9 Å². The average molecular weight is 320 g/mol. The maximum absolute atomic E-state index is 14.9. The van der Waals surface area contributed by atoms with Gasteiger partial charge < -0.3 is 4.74 Å². The molecule has 1 nitrogen and oxygen atoms in total. The highest BCUT2D eigenvalue weighted by molar-refractivity contribution is 5.88. The molecule has 0 aliphatic rings. The van der Waals surface area contributed by atoms with Gasteiger partial charge in [-0.3, -0.25) is 0 Å². The van der Waals surface area contributed by atoms with Crippen LogP contribution in [0.3, 0.4) is 0 Å². The highest BCUT2D eigenvalue weighted by atomic mass is 19.1. The van der Waals surface area contributed by atoms with E-state index in [1.807, 2.05) is 55.5 Å². The molecule has 24 heavy (non-hydrogen) atoms. The number of ether oxygens (including phenoxy) is 1. The second kappa shape index (κ2) is 7.31. The maximum atomic E-state index is 14.9. The summed E-state index contributed by atoms with van der Waals surface area (Å²) in [6, 6.07) is 17.3. The molecule has 0 unspecified atom stereocenters. The summed E-state index contributed by atoms with van der Waals surface area (Å²) >= 11 is 0. The molecule has 0 heterocycles. The number of fused-ring (bicyclic) bond motifs is 1. The van der Waals surface area contributed by atoms with Crippen LogP contribution in [0, 0.1) is 5.82 Å². The van der Waals surface area contributed by atoms with Gasteiger partial charge in [-0.1, -0.05) is 54.6 Å². The van der Waals surface area contributed by atoms with Crippen molar-refractivity contribution in [3.05, 3.63) is 78.1 Å². The first-order chi connectivity index (χ1) is 11.7. The van der Waals surface area contributed by atoms with Crippen LogP contribution in [-0.2, 0) is 6.42 Å². The van der Waals surface area contributed by atoms with Gasteiger partial charge in [-0.05, 0) is 48.4 Å². The summed E-state index contributed by atoms with van der Waals surface area (Å²) in [5, 5.41) is 1.61. The molecule has 2 heteroatoms. The predicted octanol–water partition coefficient (Wildman–Crippen LogP) is 6.16. The van der Waals surface area contributed by atoms with Gasteiger partial charge >= 0.3 is 0 Å². The number of halogens is 1. The van der Waals surface area contributed by atoms with Crippen molar-refractivity contribution in [1.29, 1.82) is 0 Å². The minimum atomic E-state index is -0.169.